The normalized spacial score (nSPS) is 12.1. The van der Waals surface area contributed by atoms with Crippen molar-refractivity contribution < 1.29 is 8.83 Å². The lowest BCUT2D eigenvalue weighted by Crippen LogP contribution is -1.68. The molecule has 0 saturated heterocycles. The Morgan fingerprint density at radius 2 is 1.03 bits per heavy atom. The predicted octanol–water partition coefficient (Wildman–Crippen LogP) is 9.00. The lowest BCUT2D eigenvalue weighted by molar-refractivity contribution is 0.583. The number of rotatable bonds is 2. The van der Waals surface area contributed by atoms with Gasteiger partial charge in [0.15, 0.2) is 0 Å². The molecule has 2 aromatic carbocycles. The maximum absolute atomic E-state index is 5.59. The second-order valence-electron chi connectivity index (χ2n) is 7.05. The molecule has 5 heterocycles. The molecular formula is C24H12O2S3. The summed E-state index contributed by atoms with van der Waals surface area (Å²) in [6, 6.07) is 21.7. The molecular weight excluding hydrogens is 416 g/mol. The van der Waals surface area contributed by atoms with Crippen LogP contribution in [-0.4, -0.2) is 0 Å². The molecule has 5 aromatic heterocycles. The van der Waals surface area contributed by atoms with Crippen molar-refractivity contribution in [1.29, 1.82) is 0 Å². The molecule has 0 spiro atoms. The Balaban J connectivity index is 1.46. The van der Waals surface area contributed by atoms with Gasteiger partial charge in [-0.2, -0.15) is 0 Å². The number of hydrogen-bond donors (Lipinski definition) is 0. The van der Waals surface area contributed by atoms with Crippen molar-refractivity contribution in [2.24, 2.45) is 0 Å². The zero-order valence-corrected chi connectivity index (χ0v) is 17.4. The molecule has 5 heteroatoms. The quantitative estimate of drug-likeness (QED) is 0.274. The van der Waals surface area contributed by atoms with Gasteiger partial charge in [0, 0.05) is 29.6 Å². The van der Waals surface area contributed by atoms with Crippen molar-refractivity contribution in [2.45, 2.75) is 0 Å². The molecule has 0 radical (unpaired) electrons. The summed E-state index contributed by atoms with van der Waals surface area (Å²) in [6.45, 7) is 0. The van der Waals surface area contributed by atoms with Gasteiger partial charge in [0.2, 0.25) is 0 Å². The van der Waals surface area contributed by atoms with Gasteiger partial charge < -0.3 is 8.83 Å². The molecule has 138 valence electrons. The van der Waals surface area contributed by atoms with Crippen molar-refractivity contribution in [2.75, 3.05) is 0 Å². The number of fused-ring (bicyclic) bond motifs is 5. The molecule has 7 rings (SSSR count). The van der Waals surface area contributed by atoms with E-state index >= 15 is 0 Å². The Kier molecular flexibility index (Phi) is 3.21. The maximum atomic E-state index is 5.59. The van der Waals surface area contributed by atoms with Crippen molar-refractivity contribution >= 4 is 74.4 Å². The van der Waals surface area contributed by atoms with Crippen LogP contribution in [-0.2, 0) is 0 Å². The van der Waals surface area contributed by atoms with Crippen LogP contribution < -0.4 is 0 Å². The van der Waals surface area contributed by atoms with Crippen LogP contribution in [0.2, 0.25) is 0 Å². The van der Waals surface area contributed by atoms with E-state index in [1.807, 2.05) is 35.6 Å². The van der Waals surface area contributed by atoms with Crippen LogP contribution >= 0.6 is 34.0 Å². The first-order valence-electron chi connectivity index (χ1n) is 9.23. The summed E-state index contributed by atoms with van der Waals surface area (Å²) in [7, 11) is 0. The second kappa shape index (κ2) is 5.83. The van der Waals surface area contributed by atoms with Gasteiger partial charge in [0.25, 0.3) is 0 Å². The Hall–Kier alpha value is -2.86. The number of thiophene rings is 3. The minimum atomic E-state index is 0.935. The molecule has 0 aliphatic heterocycles. The standard InChI is InChI=1S/C24H12O2S3/c1-3-17(25-5-1)23-9-13-7-15-16-8-14-10-24(18-4-2-6-26-18)28-20(14)12-22(16)29-21(15)11-19(13)27-23/h1-12H. The Labute approximate surface area is 177 Å². The van der Waals surface area contributed by atoms with Crippen LogP contribution in [0.25, 0.3) is 61.6 Å². The third-order valence-corrected chi connectivity index (χ3v) is 8.62. The number of benzene rings is 2. The van der Waals surface area contributed by atoms with Gasteiger partial charge in [-0.25, -0.2) is 0 Å². The zero-order chi connectivity index (χ0) is 18.9. The van der Waals surface area contributed by atoms with Crippen LogP contribution in [0.5, 0.6) is 0 Å². The van der Waals surface area contributed by atoms with Gasteiger partial charge in [0.05, 0.1) is 22.3 Å². The van der Waals surface area contributed by atoms with Crippen LogP contribution in [0.4, 0.5) is 0 Å². The first-order valence-corrected chi connectivity index (χ1v) is 11.7. The molecule has 7 aromatic rings. The van der Waals surface area contributed by atoms with Gasteiger partial charge in [-0.05, 0) is 71.4 Å². The fourth-order valence-electron chi connectivity index (χ4n) is 3.93. The summed E-state index contributed by atoms with van der Waals surface area (Å²) < 4.78 is 16.5. The largest absolute Gasteiger partial charge is 0.464 e. The van der Waals surface area contributed by atoms with Gasteiger partial charge in [0.1, 0.15) is 11.5 Å². The molecule has 0 aliphatic carbocycles. The van der Waals surface area contributed by atoms with E-state index in [4.69, 9.17) is 8.83 Å². The fraction of sp³-hybridized carbons (Fsp3) is 0. The third kappa shape index (κ3) is 2.38. The SMILES string of the molecule is c1coc(-c2cc3cc4c(cc3s2)sc2cc3sc(-c5ccco5)cc3cc24)c1. The minimum absolute atomic E-state index is 0.935. The van der Waals surface area contributed by atoms with Crippen LogP contribution in [0, 0.1) is 0 Å². The van der Waals surface area contributed by atoms with E-state index in [-0.39, 0.29) is 0 Å². The van der Waals surface area contributed by atoms with E-state index in [1.54, 1.807) is 35.2 Å². The maximum Gasteiger partial charge on any atom is 0.143 e. The topological polar surface area (TPSA) is 26.3 Å². The van der Waals surface area contributed by atoms with Crippen molar-refractivity contribution in [3.63, 3.8) is 0 Å². The molecule has 0 unspecified atom stereocenters. The van der Waals surface area contributed by atoms with E-state index in [2.05, 4.69) is 36.4 Å². The summed E-state index contributed by atoms with van der Waals surface area (Å²) >= 11 is 5.45. The van der Waals surface area contributed by atoms with E-state index in [0.717, 1.165) is 11.5 Å². The monoisotopic (exact) mass is 428 g/mol. The summed E-state index contributed by atoms with van der Waals surface area (Å²) in [4.78, 5) is 2.35. The van der Waals surface area contributed by atoms with Gasteiger partial charge in [-0.15, -0.1) is 34.0 Å². The van der Waals surface area contributed by atoms with Gasteiger partial charge in [-0.1, -0.05) is 0 Å². The van der Waals surface area contributed by atoms with E-state index in [1.165, 1.54) is 50.1 Å². The minimum Gasteiger partial charge on any atom is -0.464 e. The summed E-state index contributed by atoms with van der Waals surface area (Å²) in [5, 5.41) is 5.20. The lowest BCUT2D eigenvalue weighted by Gasteiger charge is -1.94. The van der Waals surface area contributed by atoms with E-state index in [9.17, 15) is 0 Å². The Bertz CT molecular complexity index is 1520. The van der Waals surface area contributed by atoms with Gasteiger partial charge >= 0.3 is 0 Å². The van der Waals surface area contributed by atoms with Crippen molar-refractivity contribution in [3.05, 3.63) is 73.2 Å². The summed E-state index contributed by atoms with van der Waals surface area (Å²) in [6.07, 6.45) is 3.46. The molecule has 0 atom stereocenters. The van der Waals surface area contributed by atoms with Crippen molar-refractivity contribution in [1.82, 2.24) is 0 Å². The number of hydrogen-bond acceptors (Lipinski definition) is 5. The lowest BCUT2D eigenvalue weighted by atomic mass is 10.1. The highest BCUT2D eigenvalue weighted by Gasteiger charge is 2.14. The van der Waals surface area contributed by atoms with E-state index < -0.39 is 0 Å². The molecule has 0 N–H and O–H groups in total. The third-order valence-electron chi connectivity index (χ3n) is 5.28. The van der Waals surface area contributed by atoms with E-state index in [0.29, 0.717) is 0 Å². The van der Waals surface area contributed by atoms with Crippen LogP contribution in [0.1, 0.15) is 0 Å². The number of furan rings is 2. The highest BCUT2D eigenvalue weighted by atomic mass is 32.1. The van der Waals surface area contributed by atoms with Crippen LogP contribution in [0.3, 0.4) is 0 Å². The Morgan fingerprint density at radius 1 is 0.517 bits per heavy atom. The highest BCUT2D eigenvalue weighted by Crippen LogP contribution is 2.44. The average Bonchev–Trinajstić information content (AvgIpc) is 3.54. The second-order valence-corrected chi connectivity index (χ2v) is 10.3. The molecule has 0 aliphatic rings. The molecule has 0 saturated carbocycles. The smallest absolute Gasteiger partial charge is 0.143 e. The molecule has 0 bridgehead atoms. The molecule has 0 amide bonds. The van der Waals surface area contributed by atoms with Gasteiger partial charge in [-0.3, -0.25) is 0 Å². The zero-order valence-electron chi connectivity index (χ0n) is 15.0. The van der Waals surface area contributed by atoms with Crippen LogP contribution in [0.15, 0.2) is 82.0 Å². The average molecular weight is 429 g/mol. The summed E-state index contributed by atoms with van der Waals surface area (Å²) in [5.41, 5.74) is 0. The molecule has 0 fully saturated rings. The summed E-state index contributed by atoms with van der Waals surface area (Å²) in [5.74, 6) is 1.87. The first-order chi connectivity index (χ1) is 14.3. The first kappa shape index (κ1) is 16.0. The molecule has 2 nitrogen and oxygen atoms in total. The molecule has 29 heavy (non-hydrogen) atoms. The predicted molar refractivity (Wildman–Crippen MR) is 126 cm³/mol. The highest BCUT2D eigenvalue weighted by molar-refractivity contribution is 7.27. The Morgan fingerprint density at radius 3 is 1.48 bits per heavy atom. The van der Waals surface area contributed by atoms with Crippen molar-refractivity contribution in [3.8, 4) is 21.3 Å². The fourth-order valence-corrected chi connectivity index (χ4v) is 7.33.